The van der Waals surface area contributed by atoms with E-state index in [2.05, 4.69) is 29.9 Å². The second kappa shape index (κ2) is 11.9. The van der Waals surface area contributed by atoms with E-state index in [-0.39, 0.29) is 12.1 Å². The minimum atomic E-state index is 0.237. The molecule has 0 aliphatic rings. The molecule has 1 heterocycles. The molecule has 0 radical (unpaired) electrons. The van der Waals surface area contributed by atoms with Crippen molar-refractivity contribution in [1.29, 1.82) is 0 Å². The molecule has 6 nitrogen and oxygen atoms in total. The number of anilines is 1. The number of halogens is 1. The Morgan fingerprint density at radius 3 is 2.45 bits per heavy atom. The Morgan fingerprint density at radius 2 is 1.90 bits per heavy atom. The molecule has 0 fully saturated rings. The highest BCUT2D eigenvalue weighted by Crippen LogP contribution is 2.30. The lowest BCUT2D eigenvalue weighted by Gasteiger charge is -2.23. The summed E-state index contributed by atoms with van der Waals surface area (Å²) in [5, 5.41) is 0. The Morgan fingerprint density at radius 1 is 1.23 bits per heavy atom. The lowest BCUT2D eigenvalue weighted by Crippen LogP contribution is -2.27. The Bertz CT molecular complexity index is 877. The minimum Gasteiger partial charge on any atom is -0.376 e. The van der Waals surface area contributed by atoms with Gasteiger partial charge in [-0.3, -0.25) is 9.69 Å². The molecule has 0 aliphatic heterocycles. The van der Waals surface area contributed by atoms with Crippen molar-refractivity contribution in [3.8, 4) is 0 Å². The number of nitrogens with zero attached hydrogens (tertiary/aromatic N) is 5. The zero-order valence-electron chi connectivity index (χ0n) is 19.3. The summed E-state index contributed by atoms with van der Waals surface area (Å²) in [4.78, 5) is 22.8. The monoisotopic (exact) mass is 447 g/mol. The summed E-state index contributed by atoms with van der Waals surface area (Å²) in [6, 6.07) is 7.42. The minimum absolute atomic E-state index is 0.237. The maximum atomic E-state index is 13.2. The number of benzene rings is 1. The van der Waals surface area contributed by atoms with Gasteiger partial charge in [-0.05, 0) is 43.6 Å². The van der Waals surface area contributed by atoms with E-state index in [9.17, 15) is 8.68 Å². The highest BCUT2D eigenvalue weighted by molar-refractivity contribution is 7.94. The van der Waals surface area contributed by atoms with Crippen LogP contribution in [0.25, 0.3) is 5.70 Å². The molecule has 0 aliphatic carbocycles. The van der Waals surface area contributed by atoms with E-state index in [1.165, 1.54) is 4.90 Å². The van der Waals surface area contributed by atoms with Crippen LogP contribution in [0.4, 0.5) is 9.70 Å². The van der Waals surface area contributed by atoms with Crippen molar-refractivity contribution in [3.05, 3.63) is 47.9 Å². The van der Waals surface area contributed by atoms with Crippen molar-refractivity contribution in [2.45, 2.75) is 44.7 Å². The van der Waals surface area contributed by atoms with Gasteiger partial charge in [0.25, 0.3) is 0 Å². The van der Waals surface area contributed by atoms with Gasteiger partial charge in [-0.25, -0.2) is 4.98 Å². The summed E-state index contributed by atoms with van der Waals surface area (Å²) in [6.07, 6.45) is 2.86. The summed E-state index contributed by atoms with van der Waals surface area (Å²) in [5.74, 6) is 1.44. The normalized spacial score (nSPS) is 11.1. The standard InChI is InChI=1S/C23H34FN5OS/c1-7-12-28(13-8-2)16-21-25-23(27(6)17-30)22(18(3)26(4)5)29(21)15-19-10-9-11-20(14-19)31-24/h9-11,14,17H,3,7-8,12-13,15-16H2,1-2,4-6H3. The van der Waals surface area contributed by atoms with Crippen LogP contribution in [-0.4, -0.2) is 60.0 Å². The van der Waals surface area contributed by atoms with Crippen molar-refractivity contribution in [3.63, 3.8) is 0 Å². The topological polar surface area (TPSA) is 44.6 Å². The lowest BCUT2D eigenvalue weighted by molar-refractivity contribution is -0.107. The molecule has 0 unspecified atom stereocenters. The Balaban J connectivity index is 2.62. The number of hydrogen-bond acceptors (Lipinski definition) is 5. The third-order valence-electron chi connectivity index (χ3n) is 5.11. The first-order chi connectivity index (χ1) is 14.9. The number of amides is 1. The van der Waals surface area contributed by atoms with Crippen molar-refractivity contribution < 1.29 is 8.68 Å². The fraction of sp³-hybridized carbons (Fsp3) is 0.478. The number of carbonyl (C=O) groups excluding carboxylic acids is 1. The summed E-state index contributed by atoms with van der Waals surface area (Å²) >= 11 is 0.237. The van der Waals surface area contributed by atoms with Crippen LogP contribution in [0.3, 0.4) is 0 Å². The van der Waals surface area contributed by atoms with Gasteiger partial charge in [0.2, 0.25) is 6.41 Å². The Labute approximate surface area is 190 Å². The van der Waals surface area contributed by atoms with Crippen LogP contribution in [0.15, 0.2) is 35.7 Å². The number of carbonyl (C=O) groups is 1. The smallest absolute Gasteiger partial charge is 0.215 e. The van der Waals surface area contributed by atoms with E-state index in [0.29, 0.717) is 23.8 Å². The fourth-order valence-electron chi connectivity index (χ4n) is 3.55. The van der Waals surface area contributed by atoms with Crippen molar-refractivity contribution >= 4 is 30.1 Å². The average molecular weight is 448 g/mol. The van der Waals surface area contributed by atoms with Gasteiger partial charge in [0, 0.05) is 32.6 Å². The predicted molar refractivity (Wildman–Crippen MR) is 128 cm³/mol. The van der Waals surface area contributed by atoms with E-state index in [4.69, 9.17) is 4.98 Å². The van der Waals surface area contributed by atoms with Crippen LogP contribution >= 0.6 is 12.1 Å². The second-order valence-electron chi connectivity index (χ2n) is 7.84. The van der Waals surface area contributed by atoms with Crippen LogP contribution in [0.1, 0.15) is 43.8 Å². The number of hydrogen-bond donors (Lipinski definition) is 0. The molecule has 1 aromatic heterocycles. The Kier molecular flexibility index (Phi) is 9.58. The van der Waals surface area contributed by atoms with Gasteiger partial charge >= 0.3 is 0 Å². The first kappa shape index (κ1) is 24.9. The number of aromatic nitrogens is 2. The van der Waals surface area contributed by atoms with E-state index in [1.807, 2.05) is 37.2 Å². The molecule has 0 bridgehead atoms. The van der Waals surface area contributed by atoms with E-state index < -0.39 is 0 Å². The molecule has 0 atom stereocenters. The highest BCUT2D eigenvalue weighted by atomic mass is 32.2. The summed E-state index contributed by atoms with van der Waals surface area (Å²) in [6.45, 7) is 11.7. The van der Waals surface area contributed by atoms with Gasteiger partial charge in [-0.2, -0.15) is 3.89 Å². The molecule has 31 heavy (non-hydrogen) atoms. The molecule has 0 saturated heterocycles. The molecule has 0 N–H and O–H groups in total. The van der Waals surface area contributed by atoms with Crippen molar-refractivity contribution in [2.24, 2.45) is 0 Å². The van der Waals surface area contributed by atoms with Crippen molar-refractivity contribution in [1.82, 2.24) is 19.4 Å². The quantitative estimate of drug-likeness (QED) is 0.418. The molecular formula is C23H34FN5OS. The number of imidazole rings is 1. The lowest BCUT2D eigenvalue weighted by atomic mass is 10.2. The van der Waals surface area contributed by atoms with Gasteiger partial charge < -0.3 is 14.4 Å². The van der Waals surface area contributed by atoms with Gasteiger partial charge in [-0.1, -0.05) is 32.6 Å². The zero-order valence-corrected chi connectivity index (χ0v) is 20.1. The SMILES string of the molecule is C=C(c1c(N(C)C=O)nc(CN(CCC)CCC)n1Cc1cccc(SF)c1)N(C)C. The molecule has 2 aromatic rings. The maximum Gasteiger partial charge on any atom is 0.215 e. The summed E-state index contributed by atoms with van der Waals surface area (Å²) in [5.41, 5.74) is 2.52. The fourth-order valence-corrected chi connectivity index (χ4v) is 3.87. The number of rotatable bonds is 13. The van der Waals surface area contributed by atoms with Crippen LogP contribution in [-0.2, 0) is 17.9 Å². The molecular weight excluding hydrogens is 413 g/mol. The molecule has 0 spiro atoms. The first-order valence-corrected chi connectivity index (χ1v) is 11.3. The van der Waals surface area contributed by atoms with Gasteiger partial charge in [0.05, 0.1) is 24.4 Å². The van der Waals surface area contributed by atoms with Crippen molar-refractivity contribution in [2.75, 3.05) is 39.1 Å². The van der Waals surface area contributed by atoms with Crippen LogP contribution in [0.2, 0.25) is 0 Å². The average Bonchev–Trinajstić information content (AvgIpc) is 3.10. The molecule has 0 saturated carbocycles. The maximum absolute atomic E-state index is 13.2. The molecule has 8 heteroatoms. The van der Waals surface area contributed by atoms with Gasteiger partial charge in [0.15, 0.2) is 5.82 Å². The first-order valence-electron chi connectivity index (χ1n) is 10.6. The summed E-state index contributed by atoms with van der Waals surface area (Å²) < 4.78 is 15.3. The molecule has 170 valence electrons. The second-order valence-corrected chi connectivity index (χ2v) is 8.47. The highest BCUT2D eigenvalue weighted by Gasteiger charge is 2.24. The van der Waals surface area contributed by atoms with Gasteiger partial charge in [0.1, 0.15) is 11.5 Å². The molecule has 1 amide bonds. The zero-order chi connectivity index (χ0) is 23.0. The third-order valence-corrected chi connectivity index (χ3v) is 5.54. The molecule has 1 aromatic carbocycles. The van der Waals surface area contributed by atoms with Gasteiger partial charge in [-0.15, -0.1) is 0 Å². The van der Waals surface area contributed by atoms with Crippen LogP contribution in [0.5, 0.6) is 0 Å². The van der Waals surface area contributed by atoms with Crippen LogP contribution in [0, 0.1) is 0 Å². The van der Waals surface area contributed by atoms with E-state index in [0.717, 1.165) is 55.1 Å². The largest absolute Gasteiger partial charge is 0.376 e. The van der Waals surface area contributed by atoms with Crippen LogP contribution < -0.4 is 4.90 Å². The Hall–Kier alpha value is -2.32. The molecule has 2 rings (SSSR count). The third kappa shape index (κ3) is 6.33. The summed E-state index contributed by atoms with van der Waals surface area (Å²) in [7, 11) is 5.54. The van der Waals surface area contributed by atoms with E-state index >= 15 is 0 Å². The van der Waals surface area contributed by atoms with E-state index in [1.54, 1.807) is 13.1 Å². The predicted octanol–water partition coefficient (Wildman–Crippen LogP) is 4.65.